The molecule has 104 valence electrons. The van der Waals surface area contributed by atoms with Gasteiger partial charge in [-0.15, -0.1) is 0 Å². The number of hydrogen-bond donors (Lipinski definition) is 0. The Labute approximate surface area is 132 Å². The van der Waals surface area contributed by atoms with Crippen molar-refractivity contribution in [3.05, 3.63) is 12.2 Å². The summed E-state index contributed by atoms with van der Waals surface area (Å²) in [4.78, 5) is 0.270. The van der Waals surface area contributed by atoms with E-state index in [0.717, 1.165) is 5.92 Å². The fourth-order valence-corrected chi connectivity index (χ4v) is 19.8. The van der Waals surface area contributed by atoms with Crippen molar-refractivity contribution in [2.75, 3.05) is 6.16 Å². The molecule has 0 aromatic rings. The van der Waals surface area contributed by atoms with Gasteiger partial charge in [-0.2, -0.15) is 0 Å². The molecule has 5 atom stereocenters. The van der Waals surface area contributed by atoms with Gasteiger partial charge in [0.05, 0.1) is 4.90 Å². The zero-order valence-corrected chi connectivity index (χ0v) is 16.9. The third-order valence-corrected chi connectivity index (χ3v) is 17.5. The van der Waals surface area contributed by atoms with Gasteiger partial charge in [0.25, 0.3) is 0 Å². The van der Waals surface area contributed by atoms with E-state index in [1.165, 1.54) is 6.16 Å². The van der Waals surface area contributed by atoms with Gasteiger partial charge in [0.1, 0.15) is 0 Å². The van der Waals surface area contributed by atoms with Gasteiger partial charge >= 0.3 is 0 Å². The van der Waals surface area contributed by atoms with E-state index in [9.17, 15) is 0 Å². The number of rotatable bonds is 0. The van der Waals surface area contributed by atoms with Crippen LogP contribution in [0.3, 0.4) is 0 Å². The predicted molar refractivity (Wildman–Crippen MR) is 96.6 cm³/mol. The molecule has 1 saturated heterocycles. The van der Waals surface area contributed by atoms with E-state index < -0.39 is 7.27 Å². The maximum Gasteiger partial charge on any atom is 0.0564 e. The maximum atomic E-state index is 7.13. The average Bonchev–Trinajstić information content (AvgIpc) is 2.13. The van der Waals surface area contributed by atoms with E-state index in [1.807, 2.05) is 0 Å². The topological polar surface area (TPSA) is 0 Å². The Morgan fingerprint density at radius 1 is 1.22 bits per heavy atom. The molecule has 0 nitrogen and oxygen atoms in total. The summed E-state index contributed by atoms with van der Waals surface area (Å²) < 4.78 is 0. The van der Waals surface area contributed by atoms with Crippen LogP contribution in [0.1, 0.15) is 41.5 Å². The first-order valence-corrected chi connectivity index (χ1v) is 13.2. The molecule has 18 heavy (non-hydrogen) atoms. The standard InChI is InChI=1S/C14H24ClIP2/c1-12(2,3)11-10-7-8-14(18(11)15,13(4,5)6)17(16)9-10/h7-8,10-11H,9H2,1-6H3/t10-,11+,14-,17+,18-/m1/s1. The van der Waals surface area contributed by atoms with Crippen molar-refractivity contribution in [3.63, 3.8) is 0 Å². The van der Waals surface area contributed by atoms with Gasteiger partial charge in [0, 0.05) is 12.9 Å². The van der Waals surface area contributed by atoms with Gasteiger partial charge in [-0.05, 0) is 28.5 Å². The van der Waals surface area contributed by atoms with Crippen LogP contribution < -0.4 is 0 Å². The third-order valence-electron chi connectivity index (χ3n) is 4.28. The lowest BCUT2D eigenvalue weighted by molar-refractivity contribution is 0.320. The van der Waals surface area contributed by atoms with Crippen LogP contribution in [0, 0.1) is 16.7 Å². The first kappa shape index (κ1) is 16.0. The highest BCUT2D eigenvalue weighted by molar-refractivity contribution is 14.2. The van der Waals surface area contributed by atoms with Crippen LogP contribution in [0.5, 0.6) is 0 Å². The Morgan fingerprint density at radius 3 is 2.17 bits per heavy atom. The van der Waals surface area contributed by atoms with Crippen LogP contribution in [0.4, 0.5) is 0 Å². The molecule has 0 aromatic carbocycles. The molecule has 0 aromatic heterocycles. The SMILES string of the molecule is CC(C)(C)[C@@H]1[C@@H]2C=C[C@](C(C)(C)C)([P@]1Cl)[P@@](I)C2. The molecule has 0 unspecified atom stereocenters. The molecule has 3 aliphatic heterocycles. The first-order chi connectivity index (χ1) is 8.02. The first-order valence-electron chi connectivity index (χ1n) is 6.60. The Morgan fingerprint density at radius 2 is 1.78 bits per heavy atom. The fourth-order valence-electron chi connectivity index (χ4n) is 3.40. The summed E-state index contributed by atoms with van der Waals surface area (Å²) in [6.45, 7) is 14.3. The molecule has 3 rings (SSSR count). The van der Waals surface area contributed by atoms with Crippen molar-refractivity contribution in [1.29, 1.82) is 0 Å². The molecule has 3 aliphatic rings. The van der Waals surface area contributed by atoms with Crippen LogP contribution in [0.2, 0.25) is 0 Å². The molecule has 2 bridgehead atoms. The second-order valence-electron chi connectivity index (χ2n) is 7.67. The van der Waals surface area contributed by atoms with Crippen LogP contribution in [0.25, 0.3) is 0 Å². The van der Waals surface area contributed by atoms with E-state index in [1.54, 1.807) is 0 Å². The summed E-state index contributed by atoms with van der Waals surface area (Å²) >= 11 is 9.85. The average molecular weight is 417 g/mol. The molecule has 0 aliphatic carbocycles. The van der Waals surface area contributed by atoms with E-state index in [0.29, 0.717) is 11.1 Å². The van der Waals surface area contributed by atoms with Crippen LogP contribution in [-0.4, -0.2) is 16.7 Å². The summed E-state index contributed by atoms with van der Waals surface area (Å²) in [6.07, 6.45) is 6.39. The Hall–Kier alpha value is 1.62. The van der Waals surface area contributed by atoms with Crippen molar-refractivity contribution in [3.8, 4) is 0 Å². The summed E-state index contributed by atoms with van der Waals surface area (Å²) in [7, 11) is -0.462. The number of allylic oxidation sites excluding steroid dienone is 2. The second kappa shape index (κ2) is 4.82. The highest BCUT2D eigenvalue weighted by Crippen LogP contribution is 2.87. The largest absolute Gasteiger partial charge is 0.0947 e. The molecule has 0 spiro atoms. The van der Waals surface area contributed by atoms with E-state index in [-0.39, 0.29) is 15.9 Å². The molecule has 0 saturated carbocycles. The lowest BCUT2D eigenvalue weighted by Crippen LogP contribution is -2.50. The fraction of sp³-hybridized carbons (Fsp3) is 0.857. The van der Waals surface area contributed by atoms with Gasteiger partial charge in [-0.3, -0.25) is 0 Å². The summed E-state index contributed by atoms with van der Waals surface area (Å²) in [6, 6.07) is 0. The third kappa shape index (κ3) is 2.24. The molecular weight excluding hydrogens is 392 g/mol. The highest BCUT2D eigenvalue weighted by atomic mass is 127. The van der Waals surface area contributed by atoms with E-state index in [4.69, 9.17) is 11.2 Å². The van der Waals surface area contributed by atoms with Crippen molar-refractivity contribution in [2.45, 2.75) is 52.1 Å². The van der Waals surface area contributed by atoms with Crippen molar-refractivity contribution < 1.29 is 0 Å². The van der Waals surface area contributed by atoms with Gasteiger partial charge in [0.2, 0.25) is 0 Å². The molecule has 1 fully saturated rings. The normalized spacial score (nSPS) is 44.4. The molecule has 0 amide bonds. The van der Waals surface area contributed by atoms with Crippen LogP contribution in [-0.2, 0) is 0 Å². The zero-order valence-electron chi connectivity index (χ0n) is 12.2. The van der Waals surface area contributed by atoms with Crippen LogP contribution in [0.15, 0.2) is 12.2 Å². The highest BCUT2D eigenvalue weighted by Gasteiger charge is 2.61. The lowest BCUT2D eigenvalue weighted by atomic mass is 9.82. The van der Waals surface area contributed by atoms with Gasteiger partial charge in [0.15, 0.2) is 0 Å². The number of hydrogen-bond acceptors (Lipinski definition) is 0. The predicted octanol–water partition coefficient (Wildman–Crippen LogP) is 6.81. The summed E-state index contributed by atoms with van der Waals surface area (Å²) in [5.74, 6) is 0.723. The van der Waals surface area contributed by atoms with Crippen molar-refractivity contribution in [2.24, 2.45) is 16.7 Å². The quantitative estimate of drug-likeness (QED) is 0.231. The lowest BCUT2D eigenvalue weighted by Gasteiger charge is -2.61. The second-order valence-corrected chi connectivity index (χ2v) is 16.3. The summed E-state index contributed by atoms with van der Waals surface area (Å²) in [5.41, 5.74) is 1.26. The van der Waals surface area contributed by atoms with Gasteiger partial charge < -0.3 is 0 Å². The summed E-state index contributed by atoms with van der Waals surface area (Å²) in [5, 5.41) is 0. The number of halogens is 2. The molecule has 0 N–H and O–H groups in total. The monoisotopic (exact) mass is 416 g/mol. The molecule has 4 heteroatoms. The Kier molecular flexibility index (Phi) is 4.29. The minimum Gasteiger partial charge on any atom is -0.0947 e. The van der Waals surface area contributed by atoms with E-state index in [2.05, 4.69) is 75.7 Å². The molecule has 0 radical (unpaired) electrons. The van der Waals surface area contributed by atoms with Gasteiger partial charge in [-0.1, -0.05) is 87.0 Å². The van der Waals surface area contributed by atoms with Crippen molar-refractivity contribution >= 4 is 46.1 Å². The van der Waals surface area contributed by atoms with Crippen LogP contribution >= 0.6 is 46.1 Å². The minimum atomic E-state index is -0.462. The van der Waals surface area contributed by atoms with E-state index >= 15 is 0 Å². The zero-order chi connectivity index (χ0) is 13.9. The minimum absolute atomic E-state index is 0.0108. The smallest absolute Gasteiger partial charge is 0.0564 e. The Bertz CT molecular complexity index is 369. The molecule has 3 heterocycles. The number of fused-ring (bicyclic) bond motifs is 2. The van der Waals surface area contributed by atoms with Gasteiger partial charge in [-0.25, -0.2) is 0 Å². The Balaban J connectivity index is 2.52. The molecular formula is C14H24ClIP2. The maximum absolute atomic E-state index is 7.13. The van der Waals surface area contributed by atoms with Crippen molar-refractivity contribution in [1.82, 2.24) is 0 Å².